The van der Waals surface area contributed by atoms with Gasteiger partial charge in [0.2, 0.25) is 0 Å². The van der Waals surface area contributed by atoms with Crippen LogP contribution in [0, 0.1) is 5.82 Å². The molecule has 1 atom stereocenters. The van der Waals surface area contributed by atoms with Gasteiger partial charge in [-0.3, -0.25) is 4.90 Å². The van der Waals surface area contributed by atoms with E-state index in [-0.39, 0.29) is 11.6 Å². The average Bonchev–Trinajstić information content (AvgIpc) is 2.31. The van der Waals surface area contributed by atoms with Crippen molar-refractivity contribution < 1.29 is 19.0 Å². The van der Waals surface area contributed by atoms with E-state index in [0.717, 1.165) is 5.56 Å². The summed E-state index contributed by atoms with van der Waals surface area (Å²) in [7, 11) is 3.54. The molecule has 0 fully saturated rings. The highest BCUT2D eigenvalue weighted by molar-refractivity contribution is 5.88. The highest BCUT2D eigenvalue weighted by Crippen LogP contribution is 2.13. The maximum atomic E-state index is 13.2. The number of hydrogen-bond acceptors (Lipinski definition) is 3. The Kier molecular flexibility index (Phi) is 5.25. The van der Waals surface area contributed by atoms with Crippen molar-refractivity contribution in [1.29, 1.82) is 0 Å². The van der Waals surface area contributed by atoms with Crippen molar-refractivity contribution >= 4 is 5.97 Å². The van der Waals surface area contributed by atoms with Crippen LogP contribution in [0.4, 0.5) is 4.39 Å². The number of nitrogens with zero attached hydrogens (tertiary/aromatic N) is 1. The van der Waals surface area contributed by atoms with E-state index in [1.807, 2.05) is 18.9 Å². The van der Waals surface area contributed by atoms with Crippen molar-refractivity contribution in [2.75, 3.05) is 20.8 Å². The summed E-state index contributed by atoms with van der Waals surface area (Å²) >= 11 is 0. The molecular weight excluding hydrogens is 237 g/mol. The zero-order valence-electron chi connectivity index (χ0n) is 10.8. The third-order valence-corrected chi connectivity index (χ3v) is 2.85. The highest BCUT2D eigenvalue weighted by atomic mass is 19.1. The number of carboxylic acids is 1. The van der Waals surface area contributed by atoms with Gasteiger partial charge in [-0.15, -0.1) is 0 Å². The fraction of sp³-hybridized carbons (Fsp3) is 0.462. The van der Waals surface area contributed by atoms with Gasteiger partial charge in [0.05, 0.1) is 12.2 Å². The second-order valence-corrected chi connectivity index (χ2v) is 4.34. The molecule has 0 aliphatic heterocycles. The quantitative estimate of drug-likeness (QED) is 0.844. The van der Waals surface area contributed by atoms with Crippen LogP contribution in [0.3, 0.4) is 0 Å². The van der Waals surface area contributed by atoms with Crippen LogP contribution in [-0.2, 0) is 11.3 Å². The lowest BCUT2D eigenvalue weighted by Crippen LogP contribution is -2.32. The smallest absolute Gasteiger partial charge is 0.338 e. The minimum atomic E-state index is -1.25. The molecule has 0 radical (unpaired) electrons. The summed E-state index contributed by atoms with van der Waals surface area (Å²) in [6, 6.07) is 4.35. The van der Waals surface area contributed by atoms with Crippen LogP contribution in [0.15, 0.2) is 18.2 Å². The topological polar surface area (TPSA) is 49.8 Å². The molecule has 1 aromatic carbocycles. The maximum absolute atomic E-state index is 13.2. The second kappa shape index (κ2) is 6.47. The zero-order valence-corrected chi connectivity index (χ0v) is 10.8. The van der Waals surface area contributed by atoms with E-state index in [2.05, 4.69) is 0 Å². The van der Waals surface area contributed by atoms with Crippen LogP contribution < -0.4 is 0 Å². The fourth-order valence-electron chi connectivity index (χ4n) is 1.65. The summed E-state index contributed by atoms with van der Waals surface area (Å²) < 4.78 is 18.3. The van der Waals surface area contributed by atoms with Gasteiger partial charge in [0.15, 0.2) is 0 Å². The summed E-state index contributed by atoms with van der Waals surface area (Å²) in [6.45, 7) is 3.14. The molecule has 1 unspecified atom stereocenters. The molecule has 0 saturated carbocycles. The van der Waals surface area contributed by atoms with Gasteiger partial charge in [0, 0.05) is 19.7 Å². The Labute approximate surface area is 106 Å². The van der Waals surface area contributed by atoms with Gasteiger partial charge < -0.3 is 9.84 Å². The minimum absolute atomic E-state index is 0.202. The van der Waals surface area contributed by atoms with E-state index >= 15 is 0 Å². The van der Waals surface area contributed by atoms with Crippen molar-refractivity contribution in [3.8, 4) is 0 Å². The first-order chi connectivity index (χ1) is 8.45. The molecule has 0 spiro atoms. The van der Waals surface area contributed by atoms with Crippen LogP contribution in [-0.4, -0.2) is 42.8 Å². The molecular formula is C13H18FNO3. The molecule has 1 N–H and O–H groups in total. The molecule has 0 aliphatic rings. The van der Waals surface area contributed by atoms with Crippen molar-refractivity contribution in [3.63, 3.8) is 0 Å². The number of carboxylic acid groups (broad SMARTS) is 1. The molecule has 100 valence electrons. The molecule has 0 saturated heterocycles. The standard InChI is InChI=1S/C13H18FNO3/c1-9(8-18-3)15(2)7-10-4-5-12(14)11(6-10)13(16)17/h4-6,9H,7-8H2,1-3H3,(H,16,17). The summed E-state index contributed by atoms with van der Waals surface area (Å²) in [5.74, 6) is -1.96. The predicted octanol–water partition coefficient (Wildman–Crippen LogP) is 1.99. The van der Waals surface area contributed by atoms with Crippen molar-refractivity contribution in [1.82, 2.24) is 4.90 Å². The predicted molar refractivity (Wildman–Crippen MR) is 66.2 cm³/mol. The molecule has 18 heavy (non-hydrogen) atoms. The summed E-state index contributed by atoms with van der Waals surface area (Å²) in [6.07, 6.45) is 0. The van der Waals surface area contributed by atoms with E-state index in [0.29, 0.717) is 13.2 Å². The summed E-state index contributed by atoms with van der Waals surface area (Å²) in [5.41, 5.74) is 0.472. The van der Waals surface area contributed by atoms with Crippen molar-refractivity contribution in [3.05, 3.63) is 35.1 Å². The van der Waals surface area contributed by atoms with Crippen LogP contribution in [0.2, 0.25) is 0 Å². The van der Waals surface area contributed by atoms with Crippen LogP contribution >= 0.6 is 0 Å². The van der Waals surface area contributed by atoms with E-state index < -0.39 is 11.8 Å². The zero-order chi connectivity index (χ0) is 13.7. The van der Waals surface area contributed by atoms with Crippen molar-refractivity contribution in [2.24, 2.45) is 0 Å². The number of hydrogen-bond donors (Lipinski definition) is 1. The fourth-order valence-corrected chi connectivity index (χ4v) is 1.65. The van der Waals surface area contributed by atoms with E-state index in [9.17, 15) is 9.18 Å². The third kappa shape index (κ3) is 3.78. The lowest BCUT2D eigenvalue weighted by Gasteiger charge is -2.24. The second-order valence-electron chi connectivity index (χ2n) is 4.34. The van der Waals surface area contributed by atoms with Gasteiger partial charge in [0.25, 0.3) is 0 Å². The van der Waals surface area contributed by atoms with Gasteiger partial charge >= 0.3 is 5.97 Å². The Balaban J connectivity index is 2.79. The van der Waals surface area contributed by atoms with Crippen LogP contribution in [0.5, 0.6) is 0 Å². The number of rotatable bonds is 6. The largest absolute Gasteiger partial charge is 0.478 e. The summed E-state index contributed by atoms with van der Waals surface area (Å²) in [4.78, 5) is 12.8. The molecule has 1 rings (SSSR count). The molecule has 0 bridgehead atoms. The number of ether oxygens (including phenoxy) is 1. The average molecular weight is 255 g/mol. The Morgan fingerprint density at radius 2 is 2.22 bits per heavy atom. The minimum Gasteiger partial charge on any atom is -0.478 e. The lowest BCUT2D eigenvalue weighted by molar-refractivity contribution is 0.0691. The van der Waals surface area contributed by atoms with Gasteiger partial charge in [-0.1, -0.05) is 6.07 Å². The Bertz CT molecular complexity index is 423. The van der Waals surface area contributed by atoms with E-state index in [1.165, 1.54) is 12.1 Å². The molecule has 4 nitrogen and oxygen atoms in total. The molecule has 5 heteroatoms. The number of methoxy groups -OCH3 is 1. The monoisotopic (exact) mass is 255 g/mol. The first kappa shape index (κ1) is 14.6. The van der Waals surface area contributed by atoms with Crippen LogP contribution in [0.1, 0.15) is 22.8 Å². The number of likely N-dealkylation sites (N-methyl/N-ethyl adjacent to an activating group) is 1. The maximum Gasteiger partial charge on any atom is 0.338 e. The number of carbonyl (C=O) groups is 1. The number of halogens is 1. The number of benzene rings is 1. The Morgan fingerprint density at radius 1 is 1.56 bits per heavy atom. The van der Waals surface area contributed by atoms with E-state index in [1.54, 1.807) is 13.2 Å². The normalized spacial score (nSPS) is 12.7. The first-order valence-corrected chi connectivity index (χ1v) is 5.66. The summed E-state index contributed by atoms with van der Waals surface area (Å²) in [5, 5.41) is 8.84. The van der Waals surface area contributed by atoms with Crippen LogP contribution in [0.25, 0.3) is 0 Å². The molecule has 0 heterocycles. The van der Waals surface area contributed by atoms with Gasteiger partial charge in [-0.2, -0.15) is 0 Å². The van der Waals surface area contributed by atoms with Gasteiger partial charge in [-0.05, 0) is 31.7 Å². The Morgan fingerprint density at radius 3 is 2.78 bits per heavy atom. The SMILES string of the molecule is COCC(C)N(C)Cc1ccc(F)c(C(=O)O)c1. The van der Waals surface area contributed by atoms with Crippen molar-refractivity contribution in [2.45, 2.75) is 19.5 Å². The van der Waals surface area contributed by atoms with Gasteiger partial charge in [-0.25, -0.2) is 9.18 Å². The third-order valence-electron chi connectivity index (χ3n) is 2.85. The highest BCUT2D eigenvalue weighted by Gasteiger charge is 2.13. The molecule has 0 aliphatic carbocycles. The number of aromatic carboxylic acids is 1. The van der Waals surface area contributed by atoms with Gasteiger partial charge in [0.1, 0.15) is 5.82 Å². The Hall–Kier alpha value is -1.46. The molecule has 1 aromatic rings. The lowest BCUT2D eigenvalue weighted by atomic mass is 10.1. The van der Waals surface area contributed by atoms with E-state index in [4.69, 9.17) is 9.84 Å². The molecule has 0 aromatic heterocycles. The first-order valence-electron chi connectivity index (χ1n) is 5.66. The molecule has 0 amide bonds.